The fourth-order valence-electron chi connectivity index (χ4n) is 2.97. The van der Waals surface area contributed by atoms with Gasteiger partial charge in [-0.05, 0) is 47.0 Å². The first-order chi connectivity index (χ1) is 7.39. The average Bonchev–Trinajstić information content (AvgIpc) is 2.36. The minimum Gasteiger partial charge on any atom is -0.381 e. The van der Waals surface area contributed by atoms with Crippen molar-refractivity contribution in [3.8, 4) is 0 Å². The molecule has 0 bridgehead atoms. The Labute approximate surface area is 98.9 Å². The maximum atomic E-state index is 6.10. The quantitative estimate of drug-likeness (QED) is 0.783. The van der Waals surface area contributed by atoms with Crippen molar-refractivity contribution >= 4 is 0 Å². The molecule has 3 heteroatoms. The molecule has 1 unspecified atom stereocenters. The lowest BCUT2D eigenvalue weighted by molar-refractivity contribution is -0.0713. The van der Waals surface area contributed by atoms with E-state index in [0.29, 0.717) is 12.1 Å². The molecule has 2 aliphatic rings. The van der Waals surface area contributed by atoms with Crippen LogP contribution < -0.4 is 5.32 Å². The Morgan fingerprint density at radius 3 is 2.19 bits per heavy atom. The predicted octanol–water partition coefficient (Wildman–Crippen LogP) is 2.10. The van der Waals surface area contributed by atoms with Crippen LogP contribution in [0.15, 0.2) is 0 Å². The molecule has 2 aliphatic heterocycles. The maximum absolute atomic E-state index is 6.10. The van der Waals surface area contributed by atoms with Crippen molar-refractivity contribution in [2.45, 2.75) is 70.2 Å². The second kappa shape index (κ2) is 4.28. The molecule has 2 heterocycles. The van der Waals surface area contributed by atoms with Gasteiger partial charge in [0.25, 0.3) is 0 Å². The molecule has 0 aromatic rings. The predicted molar refractivity (Wildman–Crippen MR) is 64.6 cm³/mol. The zero-order valence-electron chi connectivity index (χ0n) is 11.0. The summed E-state index contributed by atoms with van der Waals surface area (Å²) in [5.74, 6) is 0. The Morgan fingerprint density at radius 2 is 1.69 bits per heavy atom. The van der Waals surface area contributed by atoms with E-state index < -0.39 is 0 Å². The van der Waals surface area contributed by atoms with E-state index in [0.717, 1.165) is 32.5 Å². The topological polar surface area (TPSA) is 30.5 Å². The largest absolute Gasteiger partial charge is 0.381 e. The molecule has 3 nitrogen and oxygen atoms in total. The summed E-state index contributed by atoms with van der Waals surface area (Å²) in [6, 6.07) is 1.07. The molecule has 1 N–H and O–H groups in total. The molecule has 0 aromatic carbocycles. The van der Waals surface area contributed by atoms with Crippen LogP contribution in [0, 0.1) is 0 Å². The standard InChI is InChI=1S/C13H25NO2/c1-12(2)9-11(13(3,4)16-12)14-10-5-7-15-8-6-10/h10-11,14H,5-9H2,1-4H3. The molecule has 0 saturated carbocycles. The van der Waals surface area contributed by atoms with E-state index in [9.17, 15) is 0 Å². The fraction of sp³-hybridized carbons (Fsp3) is 1.00. The van der Waals surface area contributed by atoms with Crippen molar-refractivity contribution < 1.29 is 9.47 Å². The van der Waals surface area contributed by atoms with E-state index in [1.807, 2.05) is 0 Å². The normalized spacial score (nSPS) is 34.1. The van der Waals surface area contributed by atoms with Gasteiger partial charge in [-0.3, -0.25) is 0 Å². The highest BCUT2D eigenvalue weighted by atomic mass is 16.5. The number of hydrogen-bond acceptors (Lipinski definition) is 3. The number of ether oxygens (including phenoxy) is 2. The Balaban J connectivity index is 1.93. The second-order valence-corrected chi connectivity index (χ2v) is 6.28. The van der Waals surface area contributed by atoms with E-state index in [1.54, 1.807) is 0 Å². The molecule has 0 spiro atoms. The molecule has 0 amide bonds. The lowest BCUT2D eigenvalue weighted by Crippen LogP contribution is -2.49. The summed E-state index contributed by atoms with van der Waals surface area (Å²) in [5.41, 5.74) is -0.0475. The van der Waals surface area contributed by atoms with Gasteiger partial charge in [-0.1, -0.05) is 0 Å². The first kappa shape index (κ1) is 12.3. The summed E-state index contributed by atoms with van der Waals surface area (Å²) in [4.78, 5) is 0. The van der Waals surface area contributed by atoms with Gasteiger partial charge >= 0.3 is 0 Å². The summed E-state index contributed by atoms with van der Waals surface area (Å²) < 4.78 is 11.5. The van der Waals surface area contributed by atoms with Gasteiger partial charge in [0.2, 0.25) is 0 Å². The van der Waals surface area contributed by atoms with Crippen LogP contribution in [0.4, 0.5) is 0 Å². The monoisotopic (exact) mass is 227 g/mol. The maximum Gasteiger partial charge on any atom is 0.0787 e. The van der Waals surface area contributed by atoms with E-state index in [1.165, 1.54) is 0 Å². The molecule has 0 radical (unpaired) electrons. The SMILES string of the molecule is CC1(C)CC(NC2CCOCC2)C(C)(C)O1. The van der Waals surface area contributed by atoms with Gasteiger partial charge in [0, 0.05) is 25.3 Å². The van der Waals surface area contributed by atoms with E-state index in [2.05, 4.69) is 33.0 Å². The fourth-order valence-corrected chi connectivity index (χ4v) is 2.97. The van der Waals surface area contributed by atoms with Crippen LogP contribution in [0.2, 0.25) is 0 Å². The molecule has 0 aliphatic carbocycles. The Kier molecular flexibility index (Phi) is 3.30. The molecule has 2 fully saturated rings. The van der Waals surface area contributed by atoms with Crippen LogP contribution in [0.3, 0.4) is 0 Å². The van der Waals surface area contributed by atoms with Crippen molar-refractivity contribution in [3.63, 3.8) is 0 Å². The van der Waals surface area contributed by atoms with Crippen LogP contribution >= 0.6 is 0 Å². The van der Waals surface area contributed by atoms with Crippen LogP contribution in [-0.4, -0.2) is 36.5 Å². The number of rotatable bonds is 2. The van der Waals surface area contributed by atoms with E-state index >= 15 is 0 Å². The highest BCUT2D eigenvalue weighted by Crippen LogP contribution is 2.37. The first-order valence-electron chi connectivity index (χ1n) is 6.43. The van der Waals surface area contributed by atoms with Gasteiger partial charge < -0.3 is 14.8 Å². The molecule has 0 aromatic heterocycles. The Bertz CT molecular complexity index is 244. The Morgan fingerprint density at radius 1 is 1.06 bits per heavy atom. The highest BCUT2D eigenvalue weighted by molar-refractivity contribution is 5.00. The Hall–Kier alpha value is -0.120. The minimum absolute atomic E-state index is 0.00628. The molecule has 2 rings (SSSR count). The third kappa shape index (κ3) is 2.76. The molecule has 2 saturated heterocycles. The number of nitrogens with one attached hydrogen (secondary N) is 1. The van der Waals surface area contributed by atoms with Crippen molar-refractivity contribution in [1.29, 1.82) is 0 Å². The van der Waals surface area contributed by atoms with Crippen LogP contribution in [0.25, 0.3) is 0 Å². The molecule has 94 valence electrons. The summed E-state index contributed by atoms with van der Waals surface area (Å²) >= 11 is 0. The second-order valence-electron chi connectivity index (χ2n) is 6.28. The van der Waals surface area contributed by atoms with Gasteiger partial charge in [-0.25, -0.2) is 0 Å². The van der Waals surface area contributed by atoms with Gasteiger partial charge in [0.15, 0.2) is 0 Å². The summed E-state index contributed by atoms with van der Waals surface area (Å²) in [7, 11) is 0. The molecular formula is C13H25NO2. The minimum atomic E-state index is -0.0538. The van der Waals surface area contributed by atoms with E-state index in [4.69, 9.17) is 9.47 Å². The molecular weight excluding hydrogens is 202 g/mol. The summed E-state index contributed by atoms with van der Waals surface area (Å²) in [5, 5.41) is 3.76. The first-order valence-corrected chi connectivity index (χ1v) is 6.43. The zero-order chi connectivity index (χ0) is 11.8. The van der Waals surface area contributed by atoms with E-state index in [-0.39, 0.29) is 11.2 Å². The van der Waals surface area contributed by atoms with Gasteiger partial charge in [-0.2, -0.15) is 0 Å². The van der Waals surface area contributed by atoms with Gasteiger partial charge in [-0.15, -0.1) is 0 Å². The van der Waals surface area contributed by atoms with Crippen molar-refractivity contribution in [1.82, 2.24) is 5.32 Å². The van der Waals surface area contributed by atoms with Crippen molar-refractivity contribution in [2.75, 3.05) is 13.2 Å². The average molecular weight is 227 g/mol. The lowest BCUT2D eigenvalue weighted by atomic mass is 9.93. The molecule has 16 heavy (non-hydrogen) atoms. The van der Waals surface area contributed by atoms with Gasteiger partial charge in [0.05, 0.1) is 11.2 Å². The number of hydrogen-bond donors (Lipinski definition) is 1. The van der Waals surface area contributed by atoms with Gasteiger partial charge in [0.1, 0.15) is 0 Å². The van der Waals surface area contributed by atoms with Crippen LogP contribution in [-0.2, 0) is 9.47 Å². The molecule has 1 atom stereocenters. The van der Waals surface area contributed by atoms with Crippen molar-refractivity contribution in [2.24, 2.45) is 0 Å². The lowest BCUT2D eigenvalue weighted by Gasteiger charge is -2.32. The smallest absolute Gasteiger partial charge is 0.0787 e. The van der Waals surface area contributed by atoms with Crippen LogP contribution in [0.5, 0.6) is 0 Å². The zero-order valence-corrected chi connectivity index (χ0v) is 11.0. The van der Waals surface area contributed by atoms with Crippen molar-refractivity contribution in [3.05, 3.63) is 0 Å². The third-order valence-electron chi connectivity index (χ3n) is 3.73. The summed E-state index contributed by atoms with van der Waals surface area (Å²) in [6.45, 7) is 10.5. The van der Waals surface area contributed by atoms with Crippen LogP contribution in [0.1, 0.15) is 47.0 Å². The highest BCUT2D eigenvalue weighted by Gasteiger charge is 2.46. The third-order valence-corrected chi connectivity index (χ3v) is 3.73. The summed E-state index contributed by atoms with van der Waals surface area (Å²) in [6.07, 6.45) is 3.36.